The van der Waals surface area contributed by atoms with Crippen LogP contribution in [0.2, 0.25) is 0 Å². The number of rotatable bonds is 4. The molecule has 1 aromatic carbocycles. The molecule has 0 amide bonds. The lowest BCUT2D eigenvalue weighted by molar-refractivity contribution is 0.406. The maximum atomic E-state index is 10.2. The molecule has 1 aromatic rings. The van der Waals surface area contributed by atoms with E-state index in [1.807, 2.05) is 0 Å². The molecule has 0 saturated carbocycles. The van der Waals surface area contributed by atoms with Crippen molar-refractivity contribution in [2.24, 2.45) is 0 Å². The zero-order chi connectivity index (χ0) is 10.6. The van der Waals surface area contributed by atoms with E-state index in [0.717, 1.165) is 0 Å². The maximum Gasteiger partial charge on any atom is 0.408 e. The largest absolute Gasteiger partial charge is 0.497 e. The van der Waals surface area contributed by atoms with Crippen molar-refractivity contribution in [1.82, 2.24) is 0 Å². The van der Waals surface area contributed by atoms with Crippen LogP contribution in [0, 0.1) is 0 Å². The average molecular weight is 236 g/mol. The summed E-state index contributed by atoms with van der Waals surface area (Å²) in [7, 11) is -2.93. The van der Waals surface area contributed by atoms with E-state index in [9.17, 15) is 8.42 Å². The molecule has 0 fully saturated rings. The number of hydrogen-bond acceptors (Lipinski definition) is 5. The second kappa shape index (κ2) is 4.65. The third-order valence-corrected chi connectivity index (χ3v) is 2.66. The van der Waals surface area contributed by atoms with Crippen LogP contribution in [0.1, 0.15) is 0 Å². The van der Waals surface area contributed by atoms with E-state index in [1.54, 1.807) is 24.3 Å². The summed E-state index contributed by atoms with van der Waals surface area (Å²) in [5.41, 5.74) is 0. The van der Waals surface area contributed by atoms with Gasteiger partial charge in [0.1, 0.15) is 5.75 Å². The maximum absolute atomic E-state index is 10.2. The summed E-state index contributed by atoms with van der Waals surface area (Å²) in [6, 6.07) is 6.58. The predicted octanol–water partition coefficient (Wildman–Crippen LogP) is 1.52. The fourth-order valence-corrected chi connectivity index (χ4v) is 1.69. The van der Waals surface area contributed by atoms with E-state index in [2.05, 4.69) is 3.63 Å². The van der Waals surface area contributed by atoms with Crippen molar-refractivity contribution >= 4 is 22.4 Å². The molecule has 1 rings (SSSR count). The Morgan fingerprint density at radius 1 is 1.43 bits per heavy atom. The standard InChI is InChI=1S/C7H8O5S2/c1-11-6-3-2-4-7(5-6)13-12-14(8,9)10/h2-5H,1H3,(H,8,9,10). The van der Waals surface area contributed by atoms with Crippen LogP contribution in [0.3, 0.4) is 0 Å². The Morgan fingerprint density at radius 3 is 2.71 bits per heavy atom. The Labute approximate surface area is 86.2 Å². The van der Waals surface area contributed by atoms with Crippen LogP contribution in [0.25, 0.3) is 0 Å². The highest BCUT2D eigenvalue weighted by molar-refractivity contribution is 8.02. The van der Waals surface area contributed by atoms with Crippen LogP contribution in [-0.4, -0.2) is 20.1 Å². The molecule has 0 spiro atoms. The SMILES string of the molecule is COc1cccc(SOS(=O)(=O)O)c1. The first-order valence-electron chi connectivity index (χ1n) is 3.49. The molecule has 14 heavy (non-hydrogen) atoms. The fraction of sp³-hybridized carbons (Fsp3) is 0.143. The van der Waals surface area contributed by atoms with E-state index in [0.29, 0.717) is 22.7 Å². The van der Waals surface area contributed by atoms with Crippen molar-refractivity contribution in [3.05, 3.63) is 24.3 Å². The van der Waals surface area contributed by atoms with Gasteiger partial charge < -0.3 is 4.74 Å². The van der Waals surface area contributed by atoms with E-state index >= 15 is 0 Å². The van der Waals surface area contributed by atoms with Crippen LogP contribution < -0.4 is 4.74 Å². The molecule has 5 nitrogen and oxygen atoms in total. The zero-order valence-corrected chi connectivity index (χ0v) is 8.84. The van der Waals surface area contributed by atoms with Gasteiger partial charge in [0.2, 0.25) is 0 Å². The molecule has 0 saturated heterocycles. The summed E-state index contributed by atoms with van der Waals surface area (Å²) in [4.78, 5) is 0.516. The van der Waals surface area contributed by atoms with Gasteiger partial charge in [0.05, 0.1) is 19.2 Å². The van der Waals surface area contributed by atoms with Gasteiger partial charge in [-0.2, -0.15) is 12.0 Å². The molecule has 1 N–H and O–H groups in total. The van der Waals surface area contributed by atoms with Gasteiger partial charge in [-0.25, -0.2) is 0 Å². The number of ether oxygens (including phenoxy) is 1. The summed E-state index contributed by atoms with van der Waals surface area (Å²) < 4.78 is 37.8. The molecule has 0 atom stereocenters. The van der Waals surface area contributed by atoms with Gasteiger partial charge in [0.15, 0.2) is 0 Å². The second-order valence-corrected chi connectivity index (χ2v) is 4.30. The summed E-state index contributed by atoms with van der Waals surface area (Å²) in [6.07, 6.45) is 0. The highest BCUT2D eigenvalue weighted by Gasteiger charge is 2.06. The molecule has 0 radical (unpaired) electrons. The molecule has 0 unspecified atom stereocenters. The summed E-state index contributed by atoms with van der Waals surface area (Å²) in [5, 5.41) is 0. The number of benzene rings is 1. The van der Waals surface area contributed by atoms with Gasteiger partial charge in [-0.1, -0.05) is 6.07 Å². The first-order chi connectivity index (χ1) is 6.51. The first kappa shape index (κ1) is 11.3. The predicted molar refractivity (Wildman–Crippen MR) is 51.5 cm³/mol. The van der Waals surface area contributed by atoms with Crippen LogP contribution in [0.5, 0.6) is 5.75 Å². The van der Waals surface area contributed by atoms with Gasteiger partial charge in [-0.15, -0.1) is 0 Å². The van der Waals surface area contributed by atoms with Crippen molar-refractivity contribution in [3.8, 4) is 5.75 Å². The average Bonchev–Trinajstić information content (AvgIpc) is 2.14. The first-order valence-corrected chi connectivity index (χ1v) is 5.59. The van der Waals surface area contributed by atoms with Gasteiger partial charge in [-0.3, -0.25) is 4.55 Å². The molecular weight excluding hydrogens is 228 g/mol. The Bertz CT molecular complexity index is 400. The zero-order valence-electron chi connectivity index (χ0n) is 7.21. The molecule has 0 bridgehead atoms. The molecule has 0 heterocycles. The smallest absolute Gasteiger partial charge is 0.408 e. The van der Waals surface area contributed by atoms with E-state index < -0.39 is 10.4 Å². The van der Waals surface area contributed by atoms with E-state index in [-0.39, 0.29) is 0 Å². The van der Waals surface area contributed by atoms with Crippen molar-refractivity contribution in [2.45, 2.75) is 4.90 Å². The van der Waals surface area contributed by atoms with Gasteiger partial charge in [0, 0.05) is 4.90 Å². The minimum atomic E-state index is -4.42. The third-order valence-electron chi connectivity index (χ3n) is 1.26. The Hall–Kier alpha value is -0.760. The minimum Gasteiger partial charge on any atom is -0.497 e. The number of hydrogen-bond donors (Lipinski definition) is 1. The topological polar surface area (TPSA) is 72.8 Å². The van der Waals surface area contributed by atoms with Crippen molar-refractivity contribution < 1.29 is 21.3 Å². The molecule has 0 aliphatic rings. The molecule has 0 aromatic heterocycles. The normalized spacial score (nSPS) is 11.3. The van der Waals surface area contributed by atoms with E-state index in [1.165, 1.54) is 7.11 Å². The molecular formula is C7H8O5S2. The summed E-state index contributed by atoms with van der Waals surface area (Å²) in [6.45, 7) is 0. The fourth-order valence-electron chi connectivity index (χ4n) is 0.735. The quantitative estimate of drug-likeness (QED) is 0.631. The highest BCUT2D eigenvalue weighted by Crippen LogP contribution is 2.24. The third kappa shape index (κ3) is 3.97. The van der Waals surface area contributed by atoms with E-state index in [4.69, 9.17) is 9.29 Å². The Kier molecular flexibility index (Phi) is 3.76. The van der Waals surface area contributed by atoms with Crippen molar-refractivity contribution in [3.63, 3.8) is 0 Å². The molecule has 0 aliphatic heterocycles. The van der Waals surface area contributed by atoms with Gasteiger partial charge in [-0.05, 0) is 18.2 Å². The Morgan fingerprint density at radius 2 is 2.14 bits per heavy atom. The summed E-state index contributed by atoms with van der Waals surface area (Å²) >= 11 is 0.539. The molecule has 0 aliphatic carbocycles. The lowest BCUT2D eigenvalue weighted by Gasteiger charge is -2.01. The van der Waals surface area contributed by atoms with Crippen molar-refractivity contribution in [1.29, 1.82) is 0 Å². The summed E-state index contributed by atoms with van der Waals surface area (Å²) in [5.74, 6) is 0.578. The van der Waals surface area contributed by atoms with Gasteiger partial charge >= 0.3 is 10.4 Å². The monoisotopic (exact) mass is 236 g/mol. The minimum absolute atomic E-state index is 0.516. The number of methoxy groups -OCH3 is 1. The highest BCUT2D eigenvalue weighted by atomic mass is 32.3. The van der Waals surface area contributed by atoms with Crippen molar-refractivity contribution in [2.75, 3.05) is 7.11 Å². The molecule has 7 heteroatoms. The lowest BCUT2D eigenvalue weighted by Crippen LogP contribution is -1.96. The second-order valence-electron chi connectivity index (χ2n) is 2.26. The molecule has 78 valence electrons. The Balaban J connectivity index is 2.68. The van der Waals surface area contributed by atoms with Crippen LogP contribution in [0.4, 0.5) is 0 Å². The lowest BCUT2D eigenvalue weighted by atomic mass is 10.3. The van der Waals surface area contributed by atoms with Crippen LogP contribution >= 0.6 is 12.0 Å². The van der Waals surface area contributed by atoms with Gasteiger partial charge in [0.25, 0.3) is 0 Å². The van der Waals surface area contributed by atoms with Crippen LogP contribution in [0.15, 0.2) is 29.2 Å². The van der Waals surface area contributed by atoms with Crippen LogP contribution in [-0.2, 0) is 14.0 Å².